The summed E-state index contributed by atoms with van der Waals surface area (Å²) >= 11 is 0. The number of nitrogens with two attached hydrogens (primary N) is 1. The second kappa shape index (κ2) is 10.6. The highest BCUT2D eigenvalue weighted by atomic mass is 16.5. The van der Waals surface area contributed by atoms with Crippen molar-refractivity contribution in [3.8, 4) is 11.5 Å². The molecular formula is C17H29NO2. The van der Waals surface area contributed by atoms with E-state index >= 15 is 0 Å². The van der Waals surface area contributed by atoms with E-state index in [2.05, 4.69) is 6.92 Å². The van der Waals surface area contributed by atoms with Crippen LogP contribution in [0.25, 0.3) is 0 Å². The molecule has 3 heteroatoms. The van der Waals surface area contributed by atoms with Gasteiger partial charge in [0, 0.05) is 18.2 Å². The Morgan fingerprint density at radius 1 is 1.00 bits per heavy atom. The lowest BCUT2D eigenvalue weighted by Crippen LogP contribution is -2.04. The Labute approximate surface area is 123 Å². The molecule has 114 valence electrons. The maximum atomic E-state index is 5.84. The van der Waals surface area contributed by atoms with Gasteiger partial charge in [-0.15, -0.1) is 0 Å². The minimum atomic E-state index is 0.496. The average molecular weight is 279 g/mol. The van der Waals surface area contributed by atoms with Gasteiger partial charge >= 0.3 is 0 Å². The monoisotopic (exact) mass is 279 g/mol. The molecule has 0 fully saturated rings. The molecule has 0 saturated heterocycles. The van der Waals surface area contributed by atoms with Crippen LogP contribution in [0.3, 0.4) is 0 Å². The highest BCUT2D eigenvalue weighted by Gasteiger charge is 2.04. The van der Waals surface area contributed by atoms with Crippen LogP contribution in [0.4, 0.5) is 0 Å². The highest BCUT2D eigenvalue weighted by molar-refractivity contribution is 5.40. The minimum absolute atomic E-state index is 0.496. The number of hydrogen-bond donors (Lipinski definition) is 1. The van der Waals surface area contributed by atoms with Gasteiger partial charge in [-0.05, 0) is 12.5 Å². The van der Waals surface area contributed by atoms with Crippen molar-refractivity contribution in [2.45, 2.75) is 58.4 Å². The molecule has 0 aliphatic carbocycles. The van der Waals surface area contributed by atoms with E-state index < -0.39 is 0 Å². The van der Waals surface area contributed by atoms with Crippen molar-refractivity contribution >= 4 is 0 Å². The van der Waals surface area contributed by atoms with E-state index in [1.807, 2.05) is 18.2 Å². The topological polar surface area (TPSA) is 44.5 Å². The van der Waals surface area contributed by atoms with Crippen LogP contribution in [0.2, 0.25) is 0 Å². The Morgan fingerprint density at radius 3 is 2.35 bits per heavy atom. The summed E-state index contributed by atoms with van der Waals surface area (Å²) in [5, 5.41) is 0. The van der Waals surface area contributed by atoms with Gasteiger partial charge in [0.1, 0.15) is 11.5 Å². The molecule has 0 atom stereocenters. The molecule has 0 amide bonds. The lowest BCUT2D eigenvalue weighted by atomic mass is 10.1. The largest absolute Gasteiger partial charge is 0.497 e. The normalized spacial score (nSPS) is 10.6. The molecule has 0 unspecified atom stereocenters. The number of hydrogen-bond acceptors (Lipinski definition) is 3. The van der Waals surface area contributed by atoms with Crippen molar-refractivity contribution in [1.29, 1.82) is 0 Å². The first-order valence-corrected chi connectivity index (χ1v) is 7.81. The Morgan fingerprint density at radius 2 is 1.70 bits per heavy atom. The molecular weight excluding hydrogens is 250 g/mol. The third-order valence-electron chi connectivity index (χ3n) is 3.50. The summed E-state index contributed by atoms with van der Waals surface area (Å²) in [5.41, 5.74) is 6.76. The molecule has 1 rings (SSSR count). The SMILES string of the molecule is CCCCCCCCCOc1cc(OC)ccc1CN. The molecule has 0 bridgehead atoms. The van der Waals surface area contributed by atoms with Gasteiger partial charge in [-0.25, -0.2) is 0 Å². The molecule has 2 N–H and O–H groups in total. The quantitative estimate of drug-likeness (QED) is 0.615. The summed E-state index contributed by atoms with van der Waals surface area (Å²) in [6, 6.07) is 5.81. The van der Waals surface area contributed by atoms with Crippen LogP contribution in [-0.4, -0.2) is 13.7 Å². The number of ether oxygens (including phenoxy) is 2. The summed E-state index contributed by atoms with van der Waals surface area (Å²) in [7, 11) is 1.66. The smallest absolute Gasteiger partial charge is 0.127 e. The third-order valence-corrected chi connectivity index (χ3v) is 3.50. The molecule has 0 spiro atoms. The first-order chi connectivity index (χ1) is 9.81. The molecule has 1 aromatic carbocycles. The summed E-state index contributed by atoms with van der Waals surface area (Å²) in [6.07, 6.45) is 9.04. The van der Waals surface area contributed by atoms with Gasteiger partial charge in [-0.1, -0.05) is 51.5 Å². The first-order valence-electron chi connectivity index (χ1n) is 7.81. The van der Waals surface area contributed by atoms with Gasteiger partial charge in [0.25, 0.3) is 0 Å². The fourth-order valence-corrected chi connectivity index (χ4v) is 2.21. The van der Waals surface area contributed by atoms with Crippen molar-refractivity contribution in [2.75, 3.05) is 13.7 Å². The molecule has 0 aliphatic heterocycles. The third kappa shape index (κ3) is 6.29. The molecule has 20 heavy (non-hydrogen) atoms. The van der Waals surface area contributed by atoms with Crippen molar-refractivity contribution in [3.05, 3.63) is 23.8 Å². The average Bonchev–Trinajstić information content (AvgIpc) is 2.49. The van der Waals surface area contributed by atoms with Gasteiger partial charge in [-0.3, -0.25) is 0 Å². The van der Waals surface area contributed by atoms with E-state index in [4.69, 9.17) is 15.2 Å². The number of unbranched alkanes of at least 4 members (excludes halogenated alkanes) is 6. The zero-order chi connectivity index (χ0) is 14.6. The molecule has 0 heterocycles. The predicted molar refractivity (Wildman–Crippen MR) is 84.4 cm³/mol. The first kappa shape index (κ1) is 16.8. The van der Waals surface area contributed by atoms with Crippen LogP contribution in [0.15, 0.2) is 18.2 Å². The lowest BCUT2D eigenvalue weighted by molar-refractivity contribution is 0.299. The Kier molecular flexibility index (Phi) is 8.88. The Bertz CT molecular complexity index is 366. The van der Waals surface area contributed by atoms with Crippen molar-refractivity contribution in [3.63, 3.8) is 0 Å². The highest BCUT2D eigenvalue weighted by Crippen LogP contribution is 2.24. The van der Waals surface area contributed by atoms with Crippen LogP contribution in [-0.2, 0) is 6.54 Å². The molecule has 0 aliphatic rings. The van der Waals surface area contributed by atoms with Gasteiger partial charge in [0.2, 0.25) is 0 Å². The zero-order valence-corrected chi connectivity index (χ0v) is 13.0. The van der Waals surface area contributed by atoms with Crippen LogP contribution < -0.4 is 15.2 Å². The second-order valence-corrected chi connectivity index (χ2v) is 5.15. The standard InChI is InChI=1S/C17H29NO2/c1-3-4-5-6-7-8-9-12-20-17-13-16(19-2)11-10-15(17)14-18/h10-11,13H,3-9,12,14,18H2,1-2H3. The van der Waals surface area contributed by atoms with E-state index in [9.17, 15) is 0 Å². The molecule has 0 radical (unpaired) electrons. The molecule has 3 nitrogen and oxygen atoms in total. The van der Waals surface area contributed by atoms with Crippen molar-refractivity contribution < 1.29 is 9.47 Å². The summed E-state index contributed by atoms with van der Waals surface area (Å²) in [6.45, 7) is 3.50. The van der Waals surface area contributed by atoms with E-state index in [-0.39, 0.29) is 0 Å². The Hall–Kier alpha value is -1.22. The van der Waals surface area contributed by atoms with E-state index in [0.717, 1.165) is 30.1 Å². The number of benzene rings is 1. The van der Waals surface area contributed by atoms with Crippen molar-refractivity contribution in [1.82, 2.24) is 0 Å². The summed E-state index contributed by atoms with van der Waals surface area (Å²) in [5.74, 6) is 1.68. The van der Waals surface area contributed by atoms with Crippen LogP contribution in [0.5, 0.6) is 11.5 Å². The van der Waals surface area contributed by atoms with E-state index in [0.29, 0.717) is 6.54 Å². The molecule has 0 aromatic heterocycles. The summed E-state index contributed by atoms with van der Waals surface area (Å²) in [4.78, 5) is 0. The van der Waals surface area contributed by atoms with E-state index in [1.165, 1.54) is 38.5 Å². The minimum Gasteiger partial charge on any atom is -0.497 e. The fourth-order valence-electron chi connectivity index (χ4n) is 2.21. The second-order valence-electron chi connectivity index (χ2n) is 5.15. The van der Waals surface area contributed by atoms with Crippen LogP contribution in [0.1, 0.15) is 57.4 Å². The molecule has 0 saturated carbocycles. The lowest BCUT2D eigenvalue weighted by Gasteiger charge is -2.12. The van der Waals surface area contributed by atoms with Crippen LogP contribution >= 0.6 is 0 Å². The molecule has 1 aromatic rings. The van der Waals surface area contributed by atoms with Gasteiger partial charge in [-0.2, -0.15) is 0 Å². The maximum absolute atomic E-state index is 5.84. The van der Waals surface area contributed by atoms with Gasteiger partial charge in [0.15, 0.2) is 0 Å². The Balaban J connectivity index is 2.24. The summed E-state index contributed by atoms with van der Waals surface area (Å²) < 4.78 is 11.1. The number of rotatable bonds is 11. The predicted octanol–water partition coefficient (Wildman–Crippen LogP) is 4.28. The van der Waals surface area contributed by atoms with Gasteiger partial charge < -0.3 is 15.2 Å². The number of methoxy groups -OCH3 is 1. The van der Waals surface area contributed by atoms with E-state index in [1.54, 1.807) is 7.11 Å². The zero-order valence-electron chi connectivity index (χ0n) is 13.0. The van der Waals surface area contributed by atoms with Gasteiger partial charge in [0.05, 0.1) is 13.7 Å². The fraction of sp³-hybridized carbons (Fsp3) is 0.647. The maximum Gasteiger partial charge on any atom is 0.127 e. The van der Waals surface area contributed by atoms with Crippen LogP contribution in [0, 0.1) is 0 Å². The van der Waals surface area contributed by atoms with Crippen molar-refractivity contribution in [2.24, 2.45) is 5.73 Å².